The lowest BCUT2D eigenvalue weighted by Gasteiger charge is -2.12. The van der Waals surface area contributed by atoms with Crippen LogP contribution in [0.15, 0.2) is 41.0 Å². The molecule has 1 amide bonds. The minimum atomic E-state index is -0.234. The topological polar surface area (TPSA) is 67.2 Å². The third-order valence-electron chi connectivity index (χ3n) is 2.76. The van der Waals surface area contributed by atoms with Gasteiger partial charge in [-0.05, 0) is 19.5 Å². The van der Waals surface area contributed by atoms with Crippen LogP contribution in [0.1, 0.15) is 34.9 Å². The Morgan fingerprint density at radius 1 is 1.37 bits per heavy atom. The van der Waals surface area contributed by atoms with Crippen LogP contribution >= 0.6 is 0 Å². The zero-order valence-corrected chi connectivity index (χ0v) is 11.0. The van der Waals surface area contributed by atoms with Gasteiger partial charge in [0.25, 0.3) is 5.91 Å². The molecule has 0 saturated carbocycles. The highest BCUT2D eigenvalue weighted by atomic mass is 16.3. The lowest BCUT2D eigenvalue weighted by molar-refractivity contribution is 0.0935. The smallest absolute Gasteiger partial charge is 0.273 e. The molecule has 0 radical (unpaired) electrons. The average molecular weight is 259 g/mol. The van der Waals surface area contributed by atoms with E-state index in [2.05, 4.69) is 15.6 Å². The van der Waals surface area contributed by atoms with E-state index < -0.39 is 0 Å². The number of benzene rings is 1. The van der Waals surface area contributed by atoms with Crippen LogP contribution in [0.5, 0.6) is 0 Å². The Morgan fingerprint density at radius 3 is 2.79 bits per heavy atom. The van der Waals surface area contributed by atoms with E-state index in [9.17, 15) is 4.79 Å². The van der Waals surface area contributed by atoms with Crippen LogP contribution in [0, 0.1) is 0 Å². The second-order valence-corrected chi connectivity index (χ2v) is 4.26. The Kier molecular flexibility index (Phi) is 4.30. The summed E-state index contributed by atoms with van der Waals surface area (Å²) >= 11 is 0. The van der Waals surface area contributed by atoms with Crippen molar-refractivity contribution < 1.29 is 9.21 Å². The van der Waals surface area contributed by atoms with Crippen molar-refractivity contribution in [3.8, 4) is 0 Å². The van der Waals surface area contributed by atoms with Gasteiger partial charge < -0.3 is 15.1 Å². The van der Waals surface area contributed by atoms with Gasteiger partial charge >= 0.3 is 0 Å². The van der Waals surface area contributed by atoms with Gasteiger partial charge in [0.05, 0.1) is 12.6 Å². The zero-order valence-electron chi connectivity index (χ0n) is 11.0. The van der Waals surface area contributed by atoms with E-state index in [0.29, 0.717) is 18.1 Å². The SMILES string of the molecule is CNCc1nc(C(=O)NC(C)c2ccccc2)co1. The molecular formula is C14H17N3O2. The molecule has 19 heavy (non-hydrogen) atoms. The van der Waals surface area contributed by atoms with E-state index in [1.807, 2.05) is 37.3 Å². The van der Waals surface area contributed by atoms with Gasteiger partial charge in [0.2, 0.25) is 5.89 Å². The van der Waals surface area contributed by atoms with E-state index in [-0.39, 0.29) is 11.9 Å². The van der Waals surface area contributed by atoms with Crippen LogP contribution in [0.3, 0.4) is 0 Å². The van der Waals surface area contributed by atoms with Crippen molar-refractivity contribution in [3.63, 3.8) is 0 Å². The maximum atomic E-state index is 12.0. The van der Waals surface area contributed by atoms with E-state index in [4.69, 9.17) is 4.42 Å². The van der Waals surface area contributed by atoms with E-state index >= 15 is 0 Å². The normalized spacial score (nSPS) is 12.1. The number of rotatable bonds is 5. The molecule has 1 unspecified atom stereocenters. The molecule has 1 atom stereocenters. The number of carbonyl (C=O) groups excluding carboxylic acids is 1. The van der Waals surface area contributed by atoms with Crippen LogP contribution < -0.4 is 10.6 Å². The number of nitrogens with zero attached hydrogens (tertiary/aromatic N) is 1. The first-order chi connectivity index (χ1) is 9.20. The number of amides is 1. The average Bonchev–Trinajstić information content (AvgIpc) is 2.89. The largest absolute Gasteiger partial charge is 0.447 e. The van der Waals surface area contributed by atoms with Gasteiger partial charge in [0.15, 0.2) is 5.69 Å². The molecule has 5 heteroatoms. The number of carbonyl (C=O) groups is 1. The highest BCUT2D eigenvalue weighted by Crippen LogP contribution is 2.12. The molecule has 2 rings (SSSR count). The summed E-state index contributed by atoms with van der Waals surface area (Å²) in [4.78, 5) is 16.1. The van der Waals surface area contributed by atoms with E-state index in [1.165, 1.54) is 6.26 Å². The van der Waals surface area contributed by atoms with Crippen LogP contribution in [0.25, 0.3) is 0 Å². The summed E-state index contributed by atoms with van der Waals surface area (Å²) in [6.07, 6.45) is 1.37. The lowest BCUT2D eigenvalue weighted by atomic mass is 10.1. The van der Waals surface area contributed by atoms with Crippen molar-refractivity contribution in [2.24, 2.45) is 0 Å². The second-order valence-electron chi connectivity index (χ2n) is 4.26. The quantitative estimate of drug-likeness (QED) is 0.860. The van der Waals surface area contributed by atoms with Crippen molar-refractivity contribution in [1.82, 2.24) is 15.6 Å². The predicted octanol–water partition coefficient (Wildman–Crippen LogP) is 1.88. The Balaban J connectivity index is 2.00. The molecule has 0 aliphatic rings. The summed E-state index contributed by atoms with van der Waals surface area (Å²) in [5.41, 5.74) is 1.35. The number of nitrogens with one attached hydrogen (secondary N) is 2. The first kappa shape index (κ1) is 13.3. The van der Waals surface area contributed by atoms with Crippen LogP contribution in [-0.4, -0.2) is 17.9 Å². The summed E-state index contributed by atoms with van der Waals surface area (Å²) in [6, 6.07) is 9.70. The lowest BCUT2D eigenvalue weighted by Crippen LogP contribution is -2.27. The van der Waals surface area contributed by atoms with Gasteiger partial charge in [-0.25, -0.2) is 4.98 Å². The van der Waals surface area contributed by atoms with Crippen molar-refractivity contribution in [2.45, 2.75) is 19.5 Å². The summed E-state index contributed by atoms with van der Waals surface area (Å²) < 4.78 is 5.18. The summed E-state index contributed by atoms with van der Waals surface area (Å²) in [5.74, 6) is 0.266. The van der Waals surface area contributed by atoms with Gasteiger partial charge in [-0.3, -0.25) is 4.79 Å². The highest BCUT2D eigenvalue weighted by Gasteiger charge is 2.15. The highest BCUT2D eigenvalue weighted by molar-refractivity contribution is 5.92. The first-order valence-corrected chi connectivity index (χ1v) is 6.15. The standard InChI is InChI=1S/C14H17N3O2/c1-10(11-6-4-3-5-7-11)16-14(18)12-9-19-13(17-12)8-15-2/h3-7,9-10,15H,8H2,1-2H3,(H,16,18). The third-order valence-corrected chi connectivity index (χ3v) is 2.76. The molecule has 100 valence electrons. The van der Waals surface area contributed by atoms with Crippen molar-refractivity contribution in [1.29, 1.82) is 0 Å². The minimum Gasteiger partial charge on any atom is -0.447 e. The Hall–Kier alpha value is -2.14. The maximum Gasteiger partial charge on any atom is 0.273 e. The zero-order chi connectivity index (χ0) is 13.7. The Morgan fingerprint density at radius 2 is 2.11 bits per heavy atom. The van der Waals surface area contributed by atoms with Crippen LogP contribution in [0.2, 0.25) is 0 Å². The van der Waals surface area contributed by atoms with Gasteiger partial charge in [-0.1, -0.05) is 30.3 Å². The molecule has 0 bridgehead atoms. The van der Waals surface area contributed by atoms with E-state index in [1.54, 1.807) is 7.05 Å². The Labute approximate surface area is 112 Å². The number of aromatic nitrogens is 1. The van der Waals surface area contributed by atoms with Crippen molar-refractivity contribution in [3.05, 3.63) is 53.7 Å². The fourth-order valence-corrected chi connectivity index (χ4v) is 1.74. The molecule has 0 aliphatic carbocycles. The molecule has 0 fully saturated rings. The van der Waals surface area contributed by atoms with Crippen molar-refractivity contribution in [2.75, 3.05) is 7.05 Å². The van der Waals surface area contributed by atoms with Crippen molar-refractivity contribution >= 4 is 5.91 Å². The molecule has 1 aromatic heterocycles. The second kappa shape index (κ2) is 6.15. The maximum absolute atomic E-state index is 12.0. The summed E-state index contributed by atoms with van der Waals surface area (Å²) in [6.45, 7) is 2.43. The summed E-state index contributed by atoms with van der Waals surface area (Å²) in [5, 5.41) is 5.80. The van der Waals surface area contributed by atoms with Gasteiger partial charge in [-0.2, -0.15) is 0 Å². The molecular weight excluding hydrogens is 242 g/mol. The third kappa shape index (κ3) is 3.42. The molecule has 2 aromatic rings. The first-order valence-electron chi connectivity index (χ1n) is 6.15. The number of hydrogen-bond donors (Lipinski definition) is 2. The molecule has 0 aliphatic heterocycles. The van der Waals surface area contributed by atoms with Crippen LogP contribution in [0.4, 0.5) is 0 Å². The van der Waals surface area contributed by atoms with Crippen LogP contribution in [-0.2, 0) is 6.54 Å². The minimum absolute atomic E-state index is 0.0712. The molecule has 1 aromatic carbocycles. The van der Waals surface area contributed by atoms with E-state index in [0.717, 1.165) is 5.56 Å². The molecule has 0 saturated heterocycles. The predicted molar refractivity (Wildman–Crippen MR) is 71.6 cm³/mol. The van der Waals surface area contributed by atoms with Gasteiger partial charge in [-0.15, -0.1) is 0 Å². The molecule has 5 nitrogen and oxygen atoms in total. The number of oxazole rings is 1. The Bertz CT molecular complexity index is 537. The molecule has 1 heterocycles. The monoisotopic (exact) mass is 259 g/mol. The van der Waals surface area contributed by atoms with Gasteiger partial charge in [0.1, 0.15) is 6.26 Å². The fourth-order valence-electron chi connectivity index (χ4n) is 1.74. The molecule has 2 N–H and O–H groups in total. The summed E-state index contributed by atoms with van der Waals surface area (Å²) in [7, 11) is 1.79. The van der Waals surface area contributed by atoms with Gasteiger partial charge in [0, 0.05) is 0 Å². The fraction of sp³-hybridized carbons (Fsp3) is 0.286. The molecule has 0 spiro atoms. The number of hydrogen-bond acceptors (Lipinski definition) is 4.